The van der Waals surface area contributed by atoms with Gasteiger partial charge in [-0.25, -0.2) is 0 Å². The maximum absolute atomic E-state index is 12.7. The number of carbonyl (C=O) groups excluding carboxylic acids is 2. The van der Waals surface area contributed by atoms with Gasteiger partial charge in [0.15, 0.2) is 0 Å². The quantitative estimate of drug-likeness (QED) is 0.930. The highest BCUT2D eigenvalue weighted by atomic mass is 16.2. The summed E-state index contributed by atoms with van der Waals surface area (Å²) in [4.78, 5) is 26.8. The van der Waals surface area contributed by atoms with Gasteiger partial charge in [-0.1, -0.05) is 31.0 Å². The highest BCUT2D eigenvalue weighted by molar-refractivity contribution is 6.02. The minimum Gasteiger partial charge on any atom is -0.353 e. The van der Waals surface area contributed by atoms with Gasteiger partial charge >= 0.3 is 0 Å². The highest BCUT2D eigenvalue weighted by Crippen LogP contribution is 2.42. The topological polar surface area (TPSA) is 49.4 Å². The van der Waals surface area contributed by atoms with E-state index >= 15 is 0 Å². The van der Waals surface area contributed by atoms with Crippen molar-refractivity contribution in [3.8, 4) is 0 Å². The fourth-order valence-electron chi connectivity index (χ4n) is 3.90. The van der Waals surface area contributed by atoms with E-state index in [4.69, 9.17) is 0 Å². The zero-order valence-corrected chi connectivity index (χ0v) is 12.8. The largest absolute Gasteiger partial charge is 0.353 e. The van der Waals surface area contributed by atoms with Crippen LogP contribution in [0.5, 0.6) is 0 Å². The summed E-state index contributed by atoms with van der Waals surface area (Å²) in [6.07, 6.45) is 6.25. The van der Waals surface area contributed by atoms with Crippen molar-refractivity contribution in [2.45, 2.75) is 44.6 Å². The van der Waals surface area contributed by atoms with Crippen molar-refractivity contribution in [3.63, 3.8) is 0 Å². The molecule has 2 fully saturated rings. The summed E-state index contributed by atoms with van der Waals surface area (Å²) in [5.74, 6) is 0.0303. The van der Waals surface area contributed by atoms with Gasteiger partial charge in [0.05, 0.1) is 11.8 Å². The average Bonchev–Trinajstić information content (AvgIpc) is 2.96. The molecular formula is C18H22N2O2. The minimum atomic E-state index is -0.104. The fourth-order valence-corrected chi connectivity index (χ4v) is 3.90. The van der Waals surface area contributed by atoms with Crippen molar-refractivity contribution in [3.05, 3.63) is 29.8 Å². The van der Waals surface area contributed by atoms with Crippen LogP contribution >= 0.6 is 0 Å². The van der Waals surface area contributed by atoms with E-state index in [-0.39, 0.29) is 23.7 Å². The first-order valence-corrected chi connectivity index (χ1v) is 8.43. The molecule has 4 nitrogen and oxygen atoms in total. The standard InChI is InChI=1S/C18H22N2O2/c21-17(19-13-6-2-3-7-13)14-11-15(14)18(22)20-10-9-12-5-1-4-8-16(12)20/h1,4-5,8,13-15H,2-3,6-7,9-11H2,(H,19,21). The molecule has 2 unspecified atom stereocenters. The Bertz CT molecular complexity index is 607. The minimum absolute atomic E-state index is 0.0951. The molecule has 1 N–H and O–H groups in total. The summed E-state index contributed by atoms with van der Waals surface area (Å²) in [6, 6.07) is 8.43. The summed E-state index contributed by atoms with van der Waals surface area (Å²) in [5.41, 5.74) is 2.28. The first-order chi connectivity index (χ1) is 10.7. The molecule has 1 aromatic rings. The smallest absolute Gasteiger partial charge is 0.230 e. The van der Waals surface area contributed by atoms with Gasteiger partial charge in [-0.15, -0.1) is 0 Å². The van der Waals surface area contributed by atoms with Gasteiger partial charge in [-0.05, 0) is 37.3 Å². The van der Waals surface area contributed by atoms with E-state index in [0.29, 0.717) is 6.04 Å². The molecule has 116 valence electrons. The number of carbonyl (C=O) groups is 2. The number of hydrogen-bond donors (Lipinski definition) is 1. The Labute approximate surface area is 130 Å². The first-order valence-electron chi connectivity index (χ1n) is 8.43. The van der Waals surface area contributed by atoms with Crippen LogP contribution in [-0.2, 0) is 16.0 Å². The van der Waals surface area contributed by atoms with E-state index in [9.17, 15) is 9.59 Å². The molecule has 1 aliphatic heterocycles. The van der Waals surface area contributed by atoms with Gasteiger partial charge in [-0.2, -0.15) is 0 Å². The lowest BCUT2D eigenvalue weighted by atomic mass is 10.2. The molecule has 1 heterocycles. The Morgan fingerprint density at radius 2 is 1.86 bits per heavy atom. The number of nitrogens with one attached hydrogen (secondary N) is 1. The maximum Gasteiger partial charge on any atom is 0.230 e. The van der Waals surface area contributed by atoms with Crippen LogP contribution in [0.1, 0.15) is 37.7 Å². The number of rotatable bonds is 3. The van der Waals surface area contributed by atoms with Gasteiger partial charge < -0.3 is 10.2 Å². The first kappa shape index (κ1) is 13.8. The molecule has 4 heteroatoms. The van der Waals surface area contributed by atoms with Crippen LogP contribution in [0.25, 0.3) is 0 Å². The van der Waals surface area contributed by atoms with Crippen molar-refractivity contribution in [2.75, 3.05) is 11.4 Å². The summed E-state index contributed by atoms with van der Waals surface area (Å²) >= 11 is 0. The van der Waals surface area contributed by atoms with E-state index < -0.39 is 0 Å². The number of benzene rings is 1. The predicted octanol–water partition coefficient (Wildman–Crippen LogP) is 2.27. The van der Waals surface area contributed by atoms with Crippen LogP contribution in [0, 0.1) is 11.8 Å². The van der Waals surface area contributed by atoms with Crippen molar-refractivity contribution < 1.29 is 9.59 Å². The molecule has 2 saturated carbocycles. The lowest BCUT2D eigenvalue weighted by molar-refractivity contribution is -0.126. The molecule has 0 saturated heterocycles. The summed E-state index contributed by atoms with van der Waals surface area (Å²) in [7, 11) is 0. The summed E-state index contributed by atoms with van der Waals surface area (Å²) in [5, 5.41) is 3.13. The summed E-state index contributed by atoms with van der Waals surface area (Å²) < 4.78 is 0. The van der Waals surface area contributed by atoms with E-state index in [1.54, 1.807) is 0 Å². The Hall–Kier alpha value is -1.84. The second-order valence-electron chi connectivity index (χ2n) is 6.81. The van der Waals surface area contributed by atoms with Crippen LogP contribution in [0.15, 0.2) is 24.3 Å². The molecule has 1 aromatic carbocycles. The van der Waals surface area contributed by atoms with Crippen LogP contribution in [0.3, 0.4) is 0 Å². The van der Waals surface area contributed by atoms with Gasteiger partial charge in [0.25, 0.3) is 0 Å². The number of nitrogens with zero attached hydrogens (tertiary/aromatic N) is 1. The highest BCUT2D eigenvalue weighted by Gasteiger charge is 2.50. The zero-order chi connectivity index (χ0) is 15.1. The number of anilines is 1. The molecule has 2 amide bonds. The third-order valence-corrected chi connectivity index (χ3v) is 5.30. The number of amides is 2. The lowest BCUT2D eigenvalue weighted by Gasteiger charge is -2.17. The third kappa shape index (κ3) is 2.40. The molecule has 0 bridgehead atoms. The van der Waals surface area contributed by atoms with Crippen molar-refractivity contribution in [1.82, 2.24) is 5.32 Å². The maximum atomic E-state index is 12.7. The zero-order valence-electron chi connectivity index (χ0n) is 12.8. The molecule has 3 aliphatic rings. The Kier molecular flexibility index (Phi) is 3.40. The van der Waals surface area contributed by atoms with Crippen LogP contribution in [-0.4, -0.2) is 24.4 Å². The van der Waals surface area contributed by atoms with Gasteiger partial charge in [0, 0.05) is 18.3 Å². The Balaban J connectivity index is 1.38. The molecule has 0 radical (unpaired) electrons. The predicted molar refractivity (Wildman–Crippen MR) is 84.5 cm³/mol. The number of para-hydroxylation sites is 1. The van der Waals surface area contributed by atoms with Gasteiger partial charge in [-0.3, -0.25) is 9.59 Å². The van der Waals surface area contributed by atoms with E-state index in [1.165, 1.54) is 18.4 Å². The number of fused-ring (bicyclic) bond motifs is 1. The Morgan fingerprint density at radius 1 is 1.09 bits per heavy atom. The lowest BCUT2D eigenvalue weighted by Crippen LogP contribution is -2.36. The monoisotopic (exact) mass is 298 g/mol. The number of hydrogen-bond acceptors (Lipinski definition) is 2. The van der Waals surface area contributed by atoms with Gasteiger partial charge in [0.1, 0.15) is 0 Å². The van der Waals surface area contributed by atoms with Crippen LogP contribution in [0.2, 0.25) is 0 Å². The van der Waals surface area contributed by atoms with Crippen molar-refractivity contribution >= 4 is 17.5 Å². The van der Waals surface area contributed by atoms with E-state index in [1.807, 2.05) is 23.1 Å². The molecule has 2 atom stereocenters. The summed E-state index contributed by atoms with van der Waals surface area (Å²) in [6.45, 7) is 0.756. The normalized spacial score (nSPS) is 26.8. The second-order valence-corrected chi connectivity index (χ2v) is 6.81. The van der Waals surface area contributed by atoms with E-state index in [0.717, 1.165) is 37.9 Å². The average molecular weight is 298 g/mol. The molecule has 2 aliphatic carbocycles. The molecular weight excluding hydrogens is 276 g/mol. The molecule has 22 heavy (non-hydrogen) atoms. The molecule has 4 rings (SSSR count). The van der Waals surface area contributed by atoms with Gasteiger partial charge in [0.2, 0.25) is 11.8 Å². The Morgan fingerprint density at radius 3 is 2.68 bits per heavy atom. The molecule has 0 aromatic heterocycles. The molecule has 0 spiro atoms. The van der Waals surface area contributed by atoms with Crippen LogP contribution in [0.4, 0.5) is 5.69 Å². The van der Waals surface area contributed by atoms with Crippen LogP contribution < -0.4 is 10.2 Å². The second kappa shape index (κ2) is 5.41. The third-order valence-electron chi connectivity index (χ3n) is 5.30. The van der Waals surface area contributed by atoms with Crippen molar-refractivity contribution in [1.29, 1.82) is 0 Å². The fraction of sp³-hybridized carbons (Fsp3) is 0.556. The SMILES string of the molecule is O=C(NC1CCCC1)C1CC1C(=O)N1CCc2ccccc21. The van der Waals surface area contributed by atoms with Crippen molar-refractivity contribution in [2.24, 2.45) is 11.8 Å². The van der Waals surface area contributed by atoms with E-state index in [2.05, 4.69) is 11.4 Å².